The number of aliphatic hydroxyl groups excluding tert-OH is 1. The summed E-state index contributed by atoms with van der Waals surface area (Å²) in [4.78, 5) is 28.9. The van der Waals surface area contributed by atoms with Crippen molar-refractivity contribution in [1.82, 2.24) is 15.1 Å². The number of aliphatic hydroxyl groups is 1. The molecule has 4 N–H and O–H groups in total. The molecule has 8 unspecified atom stereocenters. The molecule has 2 spiro atoms. The summed E-state index contributed by atoms with van der Waals surface area (Å²) >= 11 is 0. The number of unbranched alkanes of at least 4 members (excludes halogenated alkanes) is 12. The normalized spacial score (nSPS) is 31.8. The summed E-state index contributed by atoms with van der Waals surface area (Å²) in [5.74, 6) is 1.56. The van der Waals surface area contributed by atoms with E-state index in [0.717, 1.165) is 103 Å². The zero-order valence-corrected chi connectivity index (χ0v) is 35.3. The van der Waals surface area contributed by atoms with Crippen LogP contribution in [0.5, 0.6) is 0 Å². The molecule has 0 aliphatic carbocycles. The summed E-state index contributed by atoms with van der Waals surface area (Å²) in [6.07, 6.45) is 31.8. The number of nitrogens with two attached hydrogens (primary N) is 1. The zero-order chi connectivity index (χ0) is 39.2. The van der Waals surface area contributed by atoms with Gasteiger partial charge in [0.2, 0.25) is 0 Å². The predicted octanol–water partition coefficient (Wildman–Crippen LogP) is 7.74. The molecule has 8 atom stereocenters. The molecule has 6 rings (SSSR count). The number of rotatable bonds is 22. The van der Waals surface area contributed by atoms with Crippen molar-refractivity contribution < 1.29 is 24.1 Å². The molecule has 318 valence electrons. The zero-order valence-electron chi connectivity index (χ0n) is 35.3. The lowest BCUT2D eigenvalue weighted by Crippen LogP contribution is -2.71. The molecule has 3 fully saturated rings. The van der Waals surface area contributed by atoms with E-state index in [9.17, 15) is 9.90 Å². The van der Waals surface area contributed by atoms with E-state index in [1.807, 2.05) is 0 Å². The highest BCUT2D eigenvalue weighted by atomic mass is 16.6. The first-order valence-electron chi connectivity index (χ1n) is 23.4. The molecule has 11 heteroatoms. The van der Waals surface area contributed by atoms with Crippen LogP contribution < -0.4 is 11.1 Å². The molecule has 0 radical (unpaired) electrons. The molecular formula is C45H78N6O5. The van der Waals surface area contributed by atoms with Gasteiger partial charge in [-0.2, -0.15) is 0 Å². The number of aliphatic imine (C=N–C) groups is 2. The van der Waals surface area contributed by atoms with E-state index in [1.54, 1.807) is 0 Å². The summed E-state index contributed by atoms with van der Waals surface area (Å²) in [5, 5.41) is 14.0. The van der Waals surface area contributed by atoms with Crippen molar-refractivity contribution in [2.75, 3.05) is 32.8 Å². The summed E-state index contributed by atoms with van der Waals surface area (Å²) in [7, 11) is 0. The molecule has 56 heavy (non-hydrogen) atoms. The topological polar surface area (TPSA) is 134 Å². The van der Waals surface area contributed by atoms with E-state index >= 15 is 0 Å². The number of nitrogens with zero attached hydrogens (tertiary/aromatic N) is 4. The predicted molar refractivity (Wildman–Crippen MR) is 224 cm³/mol. The summed E-state index contributed by atoms with van der Waals surface area (Å²) < 4.78 is 19.6. The second-order valence-electron chi connectivity index (χ2n) is 18.0. The lowest BCUT2D eigenvalue weighted by atomic mass is 9.80. The van der Waals surface area contributed by atoms with Gasteiger partial charge in [0.15, 0.2) is 11.7 Å². The van der Waals surface area contributed by atoms with Gasteiger partial charge < -0.3 is 40.2 Å². The van der Waals surface area contributed by atoms with Crippen LogP contribution in [0.25, 0.3) is 0 Å². The molecule has 0 aromatic heterocycles. The molecule has 3 saturated heterocycles. The molecule has 0 aromatic carbocycles. The average Bonchev–Trinajstić information content (AvgIpc) is 3.49. The Labute approximate surface area is 339 Å². The second kappa shape index (κ2) is 21.7. The SMILES string of the molecule is CCC1C=CCCC2(CC3CCC4C(C(=O)OCCCCCCCCCCCCCCCC5=NCCCN5CC(O)CCN)C5(CCCC(C)O5)N=C(N2)N34)O1. The van der Waals surface area contributed by atoms with Gasteiger partial charge >= 0.3 is 5.97 Å². The third-order valence-electron chi connectivity index (χ3n) is 13.5. The van der Waals surface area contributed by atoms with Crippen LogP contribution in [-0.4, -0.2) is 107 Å². The van der Waals surface area contributed by atoms with Crippen molar-refractivity contribution in [2.45, 2.75) is 216 Å². The maximum Gasteiger partial charge on any atom is 0.316 e. The fraction of sp³-hybridized carbons (Fsp3) is 0.889. The molecule has 11 nitrogen and oxygen atoms in total. The first-order valence-corrected chi connectivity index (χ1v) is 23.4. The van der Waals surface area contributed by atoms with Gasteiger partial charge in [0.1, 0.15) is 11.6 Å². The van der Waals surface area contributed by atoms with Crippen molar-refractivity contribution in [3.63, 3.8) is 0 Å². The van der Waals surface area contributed by atoms with E-state index in [4.69, 9.17) is 29.9 Å². The molecule has 6 aliphatic heterocycles. The largest absolute Gasteiger partial charge is 0.465 e. The van der Waals surface area contributed by atoms with Crippen molar-refractivity contribution in [2.24, 2.45) is 21.6 Å². The van der Waals surface area contributed by atoms with E-state index in [1.165, 1.54) is 76.5 Å². The standard InChI is InChI=1S/C45H78N6O5/c1-3-38-22-16-17-27-44(56-38)33-36-24-25-39-41(45(28-19-21-35(2)55-45)49-43(48-44)51(36)39)42(53)54-32-18-14-12-10-8-6-4-5-7-9-11-13-15-23-40-47-30-20-31-50(40)34-37(52)26-29-46/h16,22,35-39,41,52H,3-15,17-21,23-34,46H2,1-2H3,(H,48,49). The Morgan fingerprint density at radius 3 is 2.45 bits per heavy atom. The maximum absolute atomic E-state index is 14.1. The first-order chi connectivity index (χ1) is 27.4. The fourth-order valence-corrected chi connectivity index (χ4v) is 10.5. The first kappa shape index (κ1) is 43.4. The van der Waals surface area contributed by atoms with Crippen LogP contribution in [0.2, 0.25) is 0 Å². The van der Waals surface area contributed by atoms with E-state index in [0.29, 0.717) is 32.2 Å². The number of carbonyl (C=O) groups is 1. The molecule has 0 saturated carbocycles. The van der Waals surface area contributed by atoms with E-state index < -0.39 is 17.4 Å². The average molecular weight is 783 g/mol. The van der Waals surface area contributed by atoms with Gasteiger partial charge in [-0.25, -0.2) is 4.99 Å². The highest BCUT2D eigenvalue weighted by Crippen LogP contribution is 2.50. The van der Waals surface area contributed by atoms with Crippen molar-refractivity contribution in [3.8, 4) is 0 Å². The monoisotopic (exact) mass is 783 g/mol. The minimum absolute atomic E-state index is 0.0440. The number of amidine groups is 1. The van der Waals surface area contributed by atoms with Gasteiger partial charge in [0.05, 0.1) is 36.8 Å². The van der Waals surface area contributed by atoms with Gasteiger partial charge in [-0.15, -0.1) is 0 Å². The number of guanidine groups is 1. The smallest absolute Gasteiger partial charge is 0.316 e. The Hall–Kier alpha value is -2.21. The third-order valence-corrected chi connectivity index (χ3v) is 13.5. The van der Waals surface area contributed by atoms with E-state index in [2.05, 4.69) is 41.1 Å². The minimum atomic E-state index is -0.873. The molecule has 0 bridgehead atoms. The van der Waals surface area contributed by atoms with Crippen LogP contribution in [0.3, 0.4) is 0 Å². The lowest BCUT2D eigenvalue weighted by molar-refractivity contribution is -0.194. The molecule has 6 aliphatic rings. The van der Waals surface area contributed by atoms with Gasteiger partial charge in [0.25, 0.3) is 0 Å². The number of ether oxygens (including phenoxy) is 3. The Kier molecular flexibility index (Phi) is 16.8. The molecule has 0 aromatic rings. The van der Waals surface area contributed by atoms with Crippen molar-refractivity contribution in [1.29, 1.82) is 0 Å². The maximum atomic E-state index is 14.1. The Morgan fingerprint density at radius 1 is 1.00 bits per heavy atom. The van der Waals surface area contributed by atoms with Crippen molar-refractivity contribution >= 4 is 17.8 Å². The van der Waals surface area contributed by atoms with Crippen LogP contribution in [0, 0.1) is 5.92 Å². The lowest BCUT2D eigenvalue weighted by Gasteiger charge is -2.55. The quantitative estimate of drug-likeness (QED) is 0.0573. The van der Waals surface area contributed by atoms with Gasteiger partial charge in [-0.1, -0.05) is 89.7 Å². The Balaban J connectivity index is 0.841. The number of hydrogen-bond donors (Lipinski definition) is 3. The van der Waals surface area contributed by atoms with Crippen LogP contribution in [0.15, 0.2) is 22.1 Å². The third kappa shape index (κ3) is 11.5. The summed E-state index contributed by atoms with van der Waals surface area (Å²) in [5.41, 5.74) is 4.32. The van der Waals surface area contributed by atoms with Gasteiger partial charge in [0, 0.05) is 38.5 Å². The van der Waals surface area contributed by atoms with Crippen LogP contribution in [-0.2, 0) is 19.0 Å². The minimum Gasteiger partial charge on any atom is -0.465 e. The second-order valence-corrected chi connectivity index (χ2v) is 18.0. The number of carbonyl (C=O) groups excluding carboxylic acids is 1. The van der Waals surface area contributed by atoms with Crippen molar-refractivity contribution in [3.05, 3.63) is 12.2 Å². The highest BCUT2D eigenvalue weighted by molar-refractivity contribution is 5.87. The summed E-state index contributed by atoms with van der Waals surface area (Å²) in [6, 6.07) is 0.352. The number of hydrogen-bond acceptors (Lipinski definition) is 11. The molecule has 0 amide bonds. The number of β-amino-alcohol motifs (C(OH)–C–C–N with tert-alkyl or cyclic N) is 1. The van der Waals surface area contributed by atoms with Gasteiger partial charge in [-0.3, -0.25) is 9.79 Å². The van der Waals surface area contributed by atoms with E-state index in [-0.39, 0.29) is 30.3 Å². The number of esters is 1. The number of allylic oxidation sites excluding steroid dienone is 1. The van der Waals surface area contributed by atoms with Crippen LogP contribution >= 0.6 is 0 Å². The molecular weight excluding hydrogens is 705 g/mol. The van der Waals surface area contributed by atoms with Crippen LogP contribution in [0.4, 0.5) is 0 Å². The van der Waals surface area contributed by atoms with Crippen LogP contribution in [0.1, 0.15) is 174 Å². The number of nitrogens with one attached hydrogen (secondary N) is 1. The molecule has 6 heterocycles. The van der Waals surface area contributed by atoms with Gasteiger partial charge in [-0.05, 0) is 90.5 Å². The fourth-order valence-electron chi connectivity index (χ4n) is 10.5. The Bertz CT molecular complexity index is 1310. The highest BCUT2D eigenvalue weighted by Gasteiger charge is 2.62. The summed E-state index contributed by atoms with van der Waals surface area (Å²) in [6.45, 7) is 7.94. The Morgan fingerprint density at radius 2 is 1.73 bits per heavy atom.